The number of carbonyl (C=O) groups excluding carboxylic acids is 1. The lowest BCUT2D eigenvalue weighted by Gasteiger charge is -2.22. The van der Waals surface area contributed by atoms with Gasteiger partial charge in [-0.05, 0) is 30.0 Å². The molecule has 0 saturated carbocycles. The van der Waals surface area contributed by atoms with Gasteiger partial charge in [0.1, 0.15) is 5.52 Å². The van der Waals surface area contributed by atoms with E-state index in [1.807, 2.05) is 30.3 Å². The Hall–Kier alpha value is -3.34. The summed E-state index contributed by atoms with van der Waals surface area (Å²) in [6.45, 7) is 0. The van der Waals surface area contributed by atoms with Crippen LogP contribution in [-0.2, 0) is 7.05 Å². The van der Waals surface area contributed by atoms with Gasteiger partial charge in [-0.2, -0.15) is 0 Å². The fraction of sp³-hybridized carbons (Fsp3) is 0.182. The number of fused-ring (bicyclic) bond motifs is 1. The van der Waals surface area contributed by atoms with Crippen molar-refractivity contribution in [3.63, 3.8) is 0 Å². The third kappa shape index (κ3) is 3.24. The summed E-state index contributed by atoms with van der Waals surface area (Å²) in [4.78, 5) is 28.3. The molecule has 1 amide bonds. The summed E-state index contributed by atoms with van der Waals surface area (Å²) in [5.74, 6) is -0.205. The Morgan fingerprint density at radius 3 is 2.74 bits per heavy atom. The lowest BCUT2D eigenvalue weighted by molar-refractivity contribution is 0.0943. The number of aromatic amines is 1. The first-order chi connectivity index (χ1) is 13.1. The molecule has 27 heavy (non-hydrogen) atoms. The Balaban J connectivity index is 1.74. The summed E-state index contributed by atoms with van der Waals surface area (Å²) in [5.41, 5.74) is 2.88. The highest BCUT2D eigenvalue weighted by atomic mass is 16.2. The van der Waals surface area contributed by atoms with E-state index in [2.05, 4.69) is 28.5 Å². The second-order valence-corrected chi connectivity index (χ2v) is 6.73. The number of benzene rings is 1. The second-order valence-electron chi connectivity index (χ2n) is 6.73. The zero-order valence-corrected chi connectivity index (χ0v) is 15.1. The minimum absolute atomic E-state index is 0.149. The highest BCUT2D eigenvalue weighted by molar-refractivity contribution is 6.06. The van der Waals surface area contributed by atoms with Crippen molar-refractivity contribution < 1.29 is 4.79 Å². The Morgan fingerprint density at radius 2 is 2.00 bits per heavy atom. The third-order valence-corrected chi connectivity index (χ3v) is 4.90. The van der Waals surface area contributed by atoms with Crippen molar-refractivity contribution in [3.05, 3.63) is 94.1 Å². The van der Waals surface area contributed by atoms with Gasteiger partial charge in [0, 0.05) is 24.8 Å². The van der Waals surface area contributed by atoms with E-state index in [9.17, 15) is 9.59 Å². The molecule has 2 aromatic heterocycles. The number of aryl methyl sites for hydroxylation is 1. The molecule has 0 saturated heterocycles. The topological polar surface area (TPSA) is 66.9 Å². The molecule has 3 aromatic rings. The molecule has 0 radical (unpaired) electrons. The number of hydrogen-bond donors (Lipinski definition) is 2. The molecule has 136 valence electrons. The molecule has 1 unspecified atom stereocenters. The highest BCUT2D eigenvalue weighted by Gasteiger charge is 2.21. The van der Waals surface area contributed by atoms with Gasteiger partial charge >= 0.3 is 0 Å². The van der Waals surface area contributed by atoms with Crippen molar-refractivity contribution in [2.24, 2.45) is 7.05 Å². The average molecular weight is 359 g/mol. The van der Waals surface area contributed by atoms with Crippen LogP contribution in [0, 0.1) is 0 Å². The predicted octanol–water partition coefficient (Wildman–Crippen LogP) is 3.61. The van der Waals surface area contributed by atoms with Crippen LogP contribution >= 0.6 is 0 Å². The van der Waals surface area contributed by atoms with Crippen molar-refractivity contribution in [1.82, 2.24) is 14.9 Å². The number of carbonyl (C=O) groups is 1. The minimum atomic E-state index is -0.235. The Kier molecular flexibility index (Phi) is 4.50. The van der Waals surface area contributed by atoms with Crippen molar-refractivity contribution >= 4 is 16.8 Å². The molecule has 0 spiro atoms. The standard InChI is InChI=1S/C22H21N3O2/c1-25-14-18(17-12-13-23-20(17)22(25)27)21(26)24-19(15-8-4-2-5-9-15)16-10-6-3-7-11-16/h2,4-6,8-14,19,23H,3,7H2,1H3,(H,24,26). The van der Waals surface area contributed by atoms with Crippen LogP contribution < -0.4 is 10.9 Å². The Labute approximate surface area is 157 Å². The number of nitrogens with zero attached hydrogens (tertiary/aromatic N) is 1. The Bertz CT molecular complexity index is 1100. The molecule has 5 heteroatoms. The van der Waals surface area contributed by atoms with Crippen molar-refractivity contribution in [3.8, 4) is 0 Å². The number of amides is 1. The molecule has 1 aliphatic rings. The van der Waals surface area contributed by atoms with Crippen LogP contribution in [0.25, 0.3) is 10.9 Å². The van der Waals surface area contributed by atoms with Crippen molar-refractivity contribution in [2.75, 3.05) is 0 Å². The molecule has 4 rings (SSSR count). The maximum absolute atomic E-state index is 13.2. The molecule has 1 aliphatic carbocycles. The summed E-state index contributed by atoms with van der Waals surface area (Å²) < 4.78 is 1.44. The van der Waals surface area contributed by atoms with Crippen LogP contribution in [0.15, 0.2) is 77.4 Å². The normalized spacial score (nSPS) is 14.8. The fourth-order valence-corrected chi connectivity index (χ4v) is 3.51. The molecule has 2 N–H and O–H groups in total. The van der Waals surface area contributed by atoms with Gasteiger partial charge in [-0.1, -0.05) is 48.6 Å². The van der Waals surface area contributed by atoms with Gasteiger partial charge in [-0.15, -0.1) is 0 Å². The molecular formula is C22H21N3O2. The molecule has 1 atom stereocenters. The van der Waals surface area contributed by atoms with E-state index in [1.165, 1.54) is 4.57 Å². The third-order valence-electron chi connectivity index (χ3n) is 4.90. The van der Waals surface area contributed by atoms with Gasteiger partial charge in [0.25, 0.3) is 11.5 Å². The quantitative estimate of drug-likeness (QED) is 0.747. The summed E-state index contributed by atoms with van der Waals surface area (Å²) in [6.07, 6.45) is 11.6. The molecule has 2 heterocycles. The maximum Gasteiger partial charge on any atom is 0.274 e. The number of allylic oxidation sites excluding steroid dienone is 2. The SMILES string of the molecule is Cn1cc(C(=O)NC(C2=CCCC=C2)c2ccccc2)c2cc[nH]c2c1=O. The van der Waals surface area contributed by atoms with E-state index in [1.54, 1.807) is 25.5 Å². The molecule has 1 aromatic carbocycles. The van der Waals surface area contributed by atoms with Crippen LogP contribution in [0.3, 0.4) is 0 Å². The minimum Gasteiger partial charge on any atom is -0.357 e. The Morgan fingerprint density at radius 1 is 1.19 bits per heavy atom. The summed E-state index contributed by atoms with van der Waals surface area (Å²) in [7, 11) is 1.65. The summed E-state index contributed by atoms with van der Waals surface area (Å²) in [6, 6.07) is 11.5. The number of pyridine rings is 1. The molecule has 0 fully saturated rings. The van der Waals surface area contributed by atoms with Crippen molar-refractivity contribution in [2.45, 2.75) is 18.9 Å². The van der Waals surface area contributed by atoms with Gasteiger partial charge in [0.05, 0.1) is 11.6 Å². The van der Waals surface area contributed by atoms with E-state index >= 15 is 0 Å². The average Bonchev–Trinajstić information content (AvgIpc) is 3.20. The second kappa shape index (κ2) is 7.11. The highest BCUT2D eigenvalue weighted by Crippen LogP contribution is 2.27. The first-order valence-electron chi connectivity index (χ1n) is 9.04. The zero-order valence-electron chi connectivity index (χ0n) is 15.1. The van der Waals surface area contributed by atoms with Gasteiger partial charge in [0.15, 0.2) is 0 Å². The van der Waals surface area contributed by atoms with E-state index in [0.29, 0.717) is 16.5 Å². The molecule has 5 nitrogen and oxygen atoms in total. The molecule has 0 aliphatic heterocycles. The first kappa shape index (κ1) is 17.1. The van der Waals surface area contributed by atoms with E-state index in [-0.39, 0.29) is 17.5 Å². The number of hydrogen-bond acceptors (Lipinski definition) is 2. The molecule has 0 bridgehead atoms. The smallest absolute Gasteiger partial charge is 0.274 e. The van der Waals surface area contributed by atoms with Gasteiger partial charge in [-0.3, -0.25) is 9.59 Å². The van der Waals surface area contributed by atoms with Crippen LogP contribution in [0.1, 0.15) is 34.8 Å². The van der Waals surface area contributed by atoms with Crippen LogP contribution in [-0.4, -0.2) is 15.5 Å². The fourth-order valence-electron chi connectivity index (χ4n) is 3.51. The monoisotopic (exact) mass is 359 g/mol. The number of aromatic nitrogens is 2. The van der Waals surface area contributed by atoms with Crippen LogP contribution in [0.5, 0.6) is 0 Å². The number of H-pyrrole nitrogens is 1. The van der Waals surface area contributed by atoms with Crippen molar-refractivity contribution in [1.29, 1.82) is 0 Å². The maximum atomic E-state index is 13.2. The lowest BCUT2D eigenvalue weighted by atomic mass is 9.94. The zero-order chi connectivity index (χ0) is 18.8. The van der Waals surface area contributed by atoms with E-state index in [4.69, 9.17) is 0 Å². The lowest BCUT2D eigenvalue weighted by Crippen LogP contribution is -2.31. The largest absolute Gasteiger partial charge is 0.357 e. The van der Waals surface area contributed by atoms with Crippen LogP contribution in [0.4, 0.5) is 0 Å². The van der Waals surface area contributed by atoms with E-state index in [0.717, 1.165) is 24.0 Å². The number of rotatable bonds is 4. The summed E-state index contributed by atoms with van der Waals surface area (Å²) >= 11 is 0. The number of nitrogens with one attached hydrogen (secondary N) is 2. The van der Waals surface area contributed by atoms with E-state index < -0.39 is 0 Å². The van der Waals surface area contributed by atoms with Gasteiger partial charge in [0.2, 0.25) is 0 Å². The summed E-state index contributed by atoms with van der Waals surface area (Å²) in [5, 5.41) is 3.79. The first-order valence-corrected chi connectivity index (χ1v) is 9.04. The van der Waals surface area contributed by atoms with Gasteiger partial charge in [-0.25, -0.2) is 0 Å². The predicted molar refractivity (Wildman–Crippen MR) is 107 cm³/mol. The van der Waals surface area contributed by atoms with Crippen LogP contribution in [0.2, 0.25) is 0 Å². The molecular weight excluding hydrogens is 338 g/mol. The van der Waals surface area contributed by atoms with Gasteiger partial charge < -0.3 is 14.9 Å².